The molecule has 0 spiro atoms. The van der Waals surface area contributed by atoms with Crippen molar-refractivity contribution in [3.05, 3.63) is 34.3 Å². The molecule has 0 aliphatic carbocycles. The lowest BCUT2D eigenvalue weighted by atomic mass is 10.2. The summed E-state index contributed by atoms with van der Waals surface area (Å²) in [5.41, 5.74) is 6.44. The summed E-state index contributed by atoms with van der Waals surface area (Å²) >= 11 is 3.45. The first-order valence-corrected chi connectivity index (χ1v) is 4.78. The van der Waals surface area contributed by atoms with Crippen LogP contribution in [0.1, 0.15) is 5.56 Å². The number of halogens is 1. The monoisotopic (exact) mass is 241 g/mol. The normalized spacial score (nSPS) is 10.7. The van der Waals surface area contributed by atoms with Crippen LogP contribution in [0.2, 0.25) is 0 Å². The smallest absolute Gasteiger partial charge is 0.133 e. The quantitative estimate of drug-likeness (QED) is 0.883. The maximum atomic E-state index is 5.36. The predicted octanol–water partition coefficient (Wildman–Crippen LogP) is 2.43. The van der Waals surface area contributed by atoms with Crippen molar-refractivity contribution in [2.75, 3.05) is 13.7 Å². The van der Waals surface area contributed by atoms with E-state index >= 15 is 0 Å². The Morgan fingerprint density at radius 1 is 1.54 bits per heavy atom. The summed E-state index contributed by atoms with van der Waals surface area (Å²) in [6, 6.07) is 5.85. The molecule has 0 aliphatic heterocycles. The molecule has 0 atom stereocenters. The highest BCUT2D eigenvalue weighted by molar-refractivity contribution is 9.10. The van der Waals surface area contributed by atoms with Gasteiger partial charge in [0.2, 0.25) is 0 Å². The van der Waals surface area contributed by atoms with Crippen LogP contribution >= 0.6 is 15.9 Å². The van der Waals surface area contributed by atoms with E-state index in [1.165, 1.54) is 0 Å². The summed E-state index contributed by atoms with van der Waals surface area (Å²) in [6.07, 6.45) is 3.87. The zero-order valence-electron chi connectivity index (χ0n) is 7.46. The van der Waals surface area contributed by atoms with Gasteiger partial charge in [-0.1, -0.05) is 24.3 Å². The average molecular weight is 242 g/mol. The van der Waals surface area contributed by atoms with Crippen LogP contribution < -0.4 is 10.5 Å². The summed E-state index contributed by atoms with van der Waals surface area (Å²) in [5.74, 6) is 0.833. The van der Waals surface area contributed by atoms with Crippen molar-refractivity contribution >= 4 is 22.0 Å². The molecule has 1 rings (SSSR count). The number of hydrogen-bond donors (Lipinski definition) is 1. The summed E-state index contributed by atoms with van der Waals surface area (Å²) in [4.78, 5) is 0. The van der Waals surface area contributed by atoms with Crippen LogP contribution in [0.5, 0.6) is 5.75 Å². The average Bonchev–Trinajstić information content (AvgIpc) is 2.16. The van der Waals surface area contributed by atoms with E-state index in [0.29, 0.717) is 6.54 Å². The van der Waals surface area contributed by atoms with E-state index in [1.54, 1.807) is 7.11 Å². The molecule has 0 aromatic heterocycles. The highest BCUT2D eigenvalue weighted by atomic mass is 79.9. The fourth-order valence-electron chi connectivity index (χ4n) is 1.01. The van der Waals surface area contributed by atoms with Crippen LogP contribution in [0.4, 0.5) is 0 Å². The molecule has 70 valence electrons. The van der Waals surface area contributed by atoms with E-state index in [9.17, 15) is 0 Å². The molecule has 0 amide bonds. The molecule has 1 aromatic carbocycles. The van der Waals surface area contributed by atoms with Gasteiger partial charge in [0.1, 0.15) is 5.75 Å². The molecule has 0 unspecified atom stereocenters. The van der Waals surface area contributed by atoms with E-state index < -0.39 is 0 Å². The van der Waals surface area contributed by atoms with Gasteiger partial charge in [0, 0.05) is 6.54 Å². The molecular weight excluding hydrogens is 230 g/mol. The number of nitrogens with two attached hydrogens (primary N) is 1. The zero-order valence-corrected chi connectivity index (χ0v) is 9.04. The molecule has 0 heterocycles. The summed E-state index contributed by atoms with van der Waals surface area (Å²) < 4.78 is 6.11. The summed E-state index contributed by atoms with van der Waals surface area (Å²) in [5, 5.41) is 0. The standard InChI is InChI=1S/C10H12BrNO/c1-13-9-6-2-4-8(10(9)11)5-3-7-12/h2-6H,7,12H2,1H3/b5-3+. The molecule has 0 saturated heterocycles. The van der Waals surface area contributed by atoms with Gasteiger partial charge < -0.3 is 10.5 Å². The molecular formula is C10H12BrNO. The third kappa shape index (κ3) is 2.57. The van der Waals surface area contributed by atoms with Crippen LogP contribution in [0.15, 0.2) is 28.7 Å². The molecule has 0 fully saturated rings. The molecule has 0 aliphatic rings. The van der Waals surface area contributed by atoms with Gasteiger partial charge in [0.15, 0.2) is 0 Å². The van der Waals surface area contributed by atoms with Crippen LogP contribution in [0.3, 0.4) is 0 Å². The van der Waals surface area contributed by atoms with Crippen LogP contribution in [0.25, 0.3) is 6.08 Å². The van der Waals surface area contributed by atoms with Gasteiger partial charge in [-0.3, -0.25) is 0 Å². The van der Waals surface area contributed by atoms with E-state index in [0.717, 1.165) is 15.8 Å². The molecule has 2 N–H and O–H groups in total. The maximum absolute atomic E-state index is 5.36. The van der Waals surface area contributed by atoms with Crippen molar-refractivity contribution in [3.63, 3.8) is 0 Å². The van der Waals surface area contributed by atoms with Crippen LogP contribution in [0, 0.1) is 0 Å². The number of methoxy groups -OCH3 is 1. The highest BCUT2D eigenvalue weighted by Gasteiger charge is 2.01. The molecule has 2 nitrogen and oxygen atoms in total. The van der Waals surface area contributed by atoms with Gasteiger partial charge >= 0.3 is 0 Å². The first-order chi connectivity index (χ1) is 6.29. The van der Waals surface area contributed by atoms with Crippen molar-refractivity contribution < 1.29 is 4.74 Å². The first-order valence-electron chi connectivity index (χ1n) is 3.98. The fourth-order valence-corrected chi connectivity index (χ4v) is 1.57. The summed E-state index contributed by atoms with van der Waals surface area (Å²) in [6.45, 7) is 0.545. The third-order valence-corrected chi connectivity index (χ3v) is 2.50. The second-order valence-corrected chi connectivity index (χ2v) is 3.29. The lowest BCUT2D eigenvalue weighted by Crippen LogP contribution is -1.92. The van der Waals surface area contributed by atoms with Crippen LogP contribution in [-0.2, 0) is 0 Å². The lowest BCUT2D eigenvalue weighted by Gasteiger charge is -2.04. The Kier molecular flexibility index (Phi) is 3.99. The number of hydrogen-bond acceptors (Lipinski definition) is 2. The Hall–Kier alpha value is -0.800. The molecule has 0 saturated carbocycles. The Labute approximate surface area is 86.5 Å². The predicted molar refractivity (Wildman–Crippen MR) is 58.8 cm³/mol. The zero-order chi connectivity index (χ0) is 9.68. The van der Waals surface area contributed by atoms with Crippen molar-refractivity contribution in [2.24, 2.45) is 5.73 Å². The number of ether oxygens (including phenoxy) is 1. The largest absolute Gasteiger partial charge is 0.496 e. The molecule has 13 heavy (non-hydrogen) atoms. The van der Waals surface area contributed by atoms with Gasteiger partial charge in [-0.2, -0.15) is 0 Å². The lowest BCUT2D eigenvalue weighted by molar-refractivity contribution is 0.412. The van der Waals surface area contributed by atoms with Crippen molar-refractivity contribution in [3.8, 4) is 5.75 Å². The van der Waals surface area contributed by atoms with Crippen LogP contribution in [-0.4, -0.2) is 13.7 Å². The minimum absolute atomic E-state index is 0.545. The van der Waals surface area contributed by atoms with Gasteiger partial charge in [-0.05, 0) is 27.6 Å². The minimum Gasteiger partial charge on any atom is -0.496 e. The minimum atomic E-state index is 0.545. The Balaban J connectivity index is 3.01. The topological polar surface area (TPSA) is 35.2 Å². The Morgan fingerprint density at radius 3 is 2.92 bits per heavy atom. The van der Waals surface area contributed by atoms with E-state index in [2.05, 4.69) is 15.9 Å². The summed E-state index contributed by atoms with van der Waals surface area (Å²) in [7, 11) is 1.65. The second-order valence-electron chi connectivity index (χ2n) is 2.50. The Bertz CT molecular complexity index is 310. The maximum Gasteiger partial charge on any atom is 0.133 e. The number of rotatable bonds is 3. The SMILES string of the molecule is COc1cccc(/C=C/CN)c1Br. The van der Waals surface area contributed by atoms with E-state index in [4.69, 9.17) is 10.5 Å². The van der Waals surface area contributed by atoms with Gasteiger partial charge in [-0.25, -0.2) is 0 Å². The molecule has 1 aromatic rings. The van der Waals surface area contributed by atoms with Gasteiger partial charge in [0.05, 0.1) is 11.6 Å². The van der Waals surface area contributed by atoms with E-state index in [-0.39, 0.29) is 0 Å². The number of benzene rings is 1. The van der Waals surface area contributed by atoms with Crippen molar-refractivity contribution in [2.45, 2.75) is 0 Å². The highest BCUT2D eigenvalue weighted by Crippen LogP contribution is 2.28. The van der Waals surface area contributed by atoms with Crippen molar-refractivity contribution in [1.82, 2.24) is 0 Å². The second kappa shape index (κ2) is 5.04. The molecule has 0 radical (unpaired) electrons. The molecule has 3 heteroatoms. The van der Waals surface area contributed by atoms with Gasteiger partial charge in [0.25, 0.3) is 0 Å². The fraction of sp³-hybridized carbons (Fsp3) is 0.200. The van der Waals surface area contributed by atoms with Gasteiger partial charge in [-0.15, -0.1) is 0 Å². The van der Waals surface area contributed by atoms with E-state index in [1.807, 2.05) is 30.4 Å². The third-order valence-electron chi connectivity index (χ3n) is 1.65. The van der Waals surface area contributed by atoms with Crippen molar-refractivity contribution in [1.29, 1.82) is 0 Å². The molecule has 0 bridgehead atoms. The Morgan fingerprint density at radius 2 is 2.31 bits per heavy atom. The first kappa shape index (κ1) is 10.3.